The fourth-order valence-electron chi connectivity index (χ4n) is 7.37. The minimum atomic E-state index is -0.618. The number of benzene rings is 2. The van der Waals surface area contributed by atoms with E-state index in [4.69, 9.17) is 11.6 Å². The quantitative estimate of drug-likeness (QED) is 0.467. The lowest BCUT2D eigenvalue weighted by molar-refractivity contribution is -0.137. The molecule has 0 saturated carbocycles. The maximum absolute atomic E-state index is 14.2. The Labute approximate surface area is 264 Å². The molecule has 44 heavy (non-hydrogen) atoms. The molecule has 3 heterocycles. The molecule has 1 aliphatic carbocycles. The summed E-state index contributed by atoms with van der Waals surface area (Å²) < 4.78 is 0. The first kappa shape index (κ1) is 30.5. The van der Waals surface area contributed by atoms with Gasteiger partial charge < -0.3 is 9.80 Å². The normalized spacial score (nSPS) is 23.6. The van der Waals surface area contributed by atoms with Crippen molar-refractivity contribution in [2.24, 2.45) is 5.41 Å². The fourth-order valence-corrected chi connectivity index (χ4v) is 7.49. The number of amides is 4. The molecule has 0 spiro atoms. The monoisotopic (exact) mass is 616 g/mol. The van der Waals surface area contributed by atoms with Gasteiger partial charge in [-0.1, -0.05) is 49.7 Å². The van der Waals surface area contributed by atoms with Gasteiger partial charge in [-0.2, -0.15) is 0 Å². The predicted octanol–water partition coefficient (Wildman–Crippen LogP) is 5.19. The Kier molecular flexibility index (Phi) is 7.95. The number of imide groups is 1. The maximum atomic E-state index is 14.2. The van der Waals surface area contributed by atoms with Gasteiger partial charge in [0, 0.05) is 55.3 Å². The zero-order valence-electron chi connectivity index (χ0n) is 26.0. The van der Waals surface area contributed by atoms with Gasteiger partial charge in [-0.25, -0.2) is 0 Å². The van der Waals surface area contributed by atoms with Crippen molar-refractivity contribution < 1.29 is 19.2 Å². The molecule has 6 rings (SSSR count). The van der Waals surface area contributed by atoms with E-state index in [0.29, 0.717) is 36.6 Å². The van der Waals surface area contributed by atoms with Crippen molar-refractivity contribution in [3.63, 3.8) is 0 Å². The van der Waals surface area contributed by atoms with Gasteiger partial charge in [0.05, 0.1) is 5.54 Å². The molecule has 1 unspecified atom stereocenters. The lowest BCUT2D eigenvalue weighted by Crippen LogP contribution is -2.61. The second-order valence-electron chi connectivity index (χ2n) is 14.2. The van der Waals surface area contributed by atoms with E-state index in [1.807, 2.05) is 36.4 Å². The summed E-state index contributed by atoms with van der Waals surface area (Å²) in [6, 6.07) is 13.2. The average Bonchev–Trinajstić information content (AvgIpc) is 3.27. The fraction of sp³-hybridized carbons (Fsp3) is 0.486. The second-order valence-corrected chi connectivity index (χ2v) is 14.6. The van der Waals surface area contributed by atoms with Crippen molar-refractivity contribution in [2.75, 3.05) is 19.6 Å². The van der Waals surface area contributed by atoms with Crippen LogP contribution in [-0.4, -0.2) is 69.5 Å². The minimum Gasteiger partial charge on any atom is -0.331 e. The number of carbonyl (C=O) groups is 4. The van der Waals surface area contributed by atoms with Crippen LogP contribution in [-0.2, 0) is 27.5 Å². The van der Waals surface area contributed by atoms with Crippen LogP contribution >= 0.6 is 11.6 Å². The number of carbonyl (C=O) groups excluding carboxylic acids is 4. The summed E-state index contributed by atoms with van der Waals surface area (Å²) in [5, 5.41) is 3.05. The Morgan fingerprint density at radius 2 is 1.75 bits per heavy atom. The lowest BCUT2D eigenvalue weighted by atomic mass is 9.72. The molecule has 4 amide bonds. The summed E-state index contributed by atoms with van der Waals surface area (Å²) in [5.41, 5.74) is 5.54. The van der Waals surface area contributed by atoms with E-state index in [9.17, 15) is 19.2 Å². The van der Waals surface area contributed by atoms with Crippen molar-refractivity contribution in [3.05, 3.63) is 75.3 Å². The zero-order valence-corrected chi connectivity index (χ0v) is 26.8. The minimum absolute atomic E-state index is 0.131. The largest absolute Gasteiger partial charge is 0.331 e. The van der Waals surface area contributed by atoms with Crippen LogP contribution in [0.2, 0.25) is 5.02 Å². The Balaban J connectivity index is 1.15. The summed E-state index contributed by atoms with van der Waals surface area (Å²) in [6.45, 7) is 12.0. The van der Waals surface area contributed by atoms with Crippen molar-refractivity contribution in [3.8, 4) is 0 Å². The highest BCUT2D eigenvalue weighted by Gasteiger charge is 2.41. The highest BCUT2D eigenvalue weighted by Crippen LogP contribution is 2.44. The maximum Gasteiger partial charge on any atom is 0.255 e. The van der Waals surface area contributed by atoms with Gasteiger partial charge in [0.25, 0.3) is 11.8 Å². The molecular formula is C35H41ClN4O4. The summed E-state index contributed by atoms with van der Waals surface area (Å²) in [5.74, 6) is -0.707. The first-order valence-corrected chi connectivity index (χ1v) is 16.0. The van der Waals surface area contributed by atoms with E-state index in [1.54, 1.807) is 4.90 Å². The average molecular weight is 617 g/mol. The van der Waals surface area contributed by atoms with Crippen LogP contribution in [0, 0.1) is 5.41 Å². The van der Waals surface area contributed by atoms with Crippen LogP contribution in [0.3, 0.4) is 0 Å². The van der Waals surface area contributed by atoms with E-state index < -0.39 is 11.9 Å². The number of piperidine rings is 1. The van der Waals surface area contributed by atoms with Gasteiger partial charge in [0.2, 0.25) is 11.8 Å². The van der Waals surface area contributed by atoms with Gasteiger partial charge in [-0.3, -0.25) is 29.4 Å². The van der Waals surface area contributed by atoms with Gasteiger partial charge >= 0.3 is 0 Å². The zero-order chi connectivity index (χ0) is 31.4. The molecule has 4 aliphatic rings. The van der Waals surface area contributed by atoms with E-state index in [1.165, 1.54) is 0 Å². The van der Waals surface area contributed by atoms with Crippen molar-refractivity contribution >= 4 is 40.8 Å². The smallest absolute Gasteiger partial charge is 0.255 e. The Hall–Kier alpha value is -3.49. The third kappa shape index (κ3) is 5.94. The second kappa shape index (κ2) is 11.5. The topological polar surface area (TPSA) is 90.0 Å². The van der Waals surface area contributed by atoms with Gasteiger partial charge in [-0.15, -0.1) is 0 Å². The molecular weight excluding hydrogens is 576 g/mol. The van der Waals surface area contributed by atoms with Gasteiger partial charge in [-0.05, 0) is 85.4 Å². The Bertz CT molecular complexity index is 1560. The molecule has 2 aromatic carbocycles. The molecule has 2 saturated heterocycles. The Morgan fingerprint density at radius 3 is 2.45 bits per heavy atom. The summed E-state index contributed by atoms with van der Waals surface area (Å²) in [6.07, 6.45) is 3.20. The number of fused-ring (bicyclic) bond motifs is 1. The number of halogens is 1. The van der Waals surface area contributed by atoms with Crippen LogP contribution in [0.5, 0.6) is 0 Å². The number of piperazine rings is 1. The third-order valence-electron chi connectivity index (χ3n) is 9.74. The van der Waals surface area contributed by atoms with E-state index >= 15 is 0 Å². The summed E-state index contributed by atoms with van der Waals surface area (Å²) >= 11 is 6.18. The molecule has 2 aromatic rings. The number of nitrogens with zero attached hydrogens (tertiary/aromatic N) is 3. The molecule has 3 aliphatic heterocycles. The van der Waals surface area contributed by atoms with Crippen LogP contribution in [0.4, 0.5) is 0 Å². The predicted molar refractivity (Wildman–Crippen MR) is 170 cm³/mol. The van der Waals surface area contributed by atoms with E-state index in [2.05, 4.69) is 48.9 Å². The highest BCUT2D eigenvalue weighted by atomic mass is 35.5. The first-order valence-electron chi connectivity index (χ1n) is 15.6. The molecule has 0 aromatic heterocycles. The van der Waals surface area contributed by atoms with E-state index in [0.717, 1.165) is 60.2 Å². The number of allylic oxidation sites excluding steroid dienone is 1. The van der Waals surface area contributed by atoms with Crippen LogP contribution in [0.25, 0.3) is 5.57 Å². The summed E-state index contributed by atoms with van der Waals surface area (Å²) in [7, 11) is 0. The van der Waals surface area contributed by atoms with Crippen molar-refractivity contribution in [2.45, 2.75) is 84.5 Å². The third-order valence-corrected chi connectivity index (χ3v) is 9.99. The SMILES string of the molecule is CC1(C)CCC(C(=O)N2CCN(Cc3ccc4c(c3)CN(C3CCC(=O)NC3=O)C4=O)CC2(C)C)=C(c2ccc(Cl)cc2)C1. The molecule has 232 valence electrons. The molecule has 0 bridgehead atoms. The number of hydrogen-bond donors (Lipinski definition) is 1. The molecule has 1 atom stereocenters. The van der Waals surface area contributed by atoms with Crippen LogP contribution in [0.15, 0.2) is 48.0 Å². The Morgan fingerprint density at radius 1 is 1.00 bits per heavy atom. The number of nitrogens with one attached hydrogen (secondary N) is 1. The number of hydrogen-bond acceptors (Lipinski definition) is 5. The standard InChI is InChI=1S/C35H41ClN4O4/c1-34(2)14-13-27(28(18-34)23-6-8-25(36)9-7-23)33(44)40-16-15-38(21-35(40,3)4)19-22-5-10-26-24(17-22)20-39(32(26)43)29-11-12-30(41)37-31(29)42/h5-10,17,29H,11-16,18-21H2,1-4H3,(H,37,41,42). The molecule has 2 fully saturated rings. The van der Waals surface area contributed by atoms with Gasteiger partial charge in [0.1, 0.15) is 6.04 Å². The highest BCUT2D eigenvalue weighted by molar-refractivity contribution is 6.30. The summed E-state index contributed by atoms with van der Waals surface area (Å²) in [4.78, 5) is 57.3. The molecule has 8 nitrogen and oxygen atoms in total. The first-order chi connectivity index (χ1) is 20.8. The molecule has 9 heteroatoms. The number of rotatable bonds is 5. The van der Waals surface area contributed by atoms with Crippen LogP contribution in [0.1, 0.15) is 86.8 Å². The van der Waals surface area contributed by atoms with Gasteiger partial charge in [0.15, 0.2) is 0 Å². The van der Waals surface area contributed by atoms with Crippen molar-refractivity contribution in [1.82, 2.24) is 20.0 Å². The molecule has 0 radical (unpaired) electrons. The van der Waals surface area contributed by atoms with E-state index in [-0.39, 0.29) is 35.1 Å². The van der Waals surface area contributed by atoms with Crippen molar-refractivity contribution in [1.29, 1.82) is 0 Å². The van der Waals surface area contributed by atoms with Crippen LogP contribution < -0.4 is 5.32 Å². The molecule has 1 N–H and O–H groups in total. The lowest BCUT2D eigenvalue weighted by Gasteiger charge is -2.48.